The molecular weight excluding hydrogens is 446 g/mol. The smallest absolute Gasteiger partial charge is 0.258 e. The Labute approximate surface area is 191 Å². The number of rotatable bonds is 6. The lowest BCUT2D eigenvalue weighted by Gasteiger charge is -2.26. The number of thiazole rings is 1. The van der Waals surface area contributed by atoms with Crippen LogP contribution in [0.5, 0.6) is 0 Å². The van der Waals surface area contributed by atoms with Crippen molar-refractivity contribution in [2.24, 2.45) is 0 Å². The Kier molecular flexibility index (Phi) is 6.23. The number of nitrogens with one attached hydrogen (secondary N) is 1. The second kappa shape index (κ2) is 8.93. The highest BCUT2D eigenvalue weighted by Gasteiger charge is 2.31. The molecule has 1 aliphatic rings. The van der Waals surface area contributed by atoms with E-state index in [-0.39, 0.29) is 17.9 Å². The Morgan fingerprint density at radius 1 is 1.03 bits per heavy atom. The number of anilines is 1. The summed E-state index contributed by atoms with van der Waals surface area (Å²) >= 11 is 1.27. The molecular formula is C23H23N3O4S2. The Hall–Kier alpha value is -2.88. The summed E-state index contributed by atoms with van der Waals surface area (Å²) in [4.78, 5) is 31.2. The number of hydrogen-bond donors (Lipinski definition) is 1. The van der Waals surface area contributed by atoms with Crippen molar-refractivity contribution in [2.75, 3.05) is 11.9 Å². The van der Waals surface area contributed by atoms with Crippen molar-refractivity contribution < 1.29 is 18.0 Å². The normalized spacial score (nSPS) is 14.2. The fourth-order valence-electron chi connectivity index (χ4n) is 3.53. The molecule has 1 aromatic heterocycles. The zero-order valence-electron chi connectivity index (χ0n) is 17.7. The molecule has 1 aliphatic heterocycles. The van der Waals surface area contributed by atoms with Gasteiger partial charge in [0.15, 0.2) is 10.9 Å². The lowest BCUT2D eigenvalue weighted by molar-refractivity contribution is 0.0996. The standard InChI is InChI=1S/C23H23N3O4S2/c1-15(2)32(29,30)26-13-12-19-20(14-26)31-23(24-19)25-22(28)18-11-7-6-10-17(18)21(27)16-8-4-3-5-9-16/h3-11,15H,12-14H2,1-2H3,(H,24,25,28). The molecule has 0 fully saturated rings. The number of nitrogens with zero attached hydrogens (tertiary/aromatic N) is 2. The van der Waals surface area contributed by atoms with E-state index in [0.29, 0.717) is 29.2 Å². The van der Waals surface area contributed by atoms with Crippen LogP contribution in [0.2, 0.25) is 0 Å². The van der Waals surface area contributed by atoms with Crippen molar-refractivity contribution in [2.45, 2.75) is 32.1 Å². The Morgan fingerprint density at radius 2 is 1.69 bits per heavy atom. The first-order valence-electron chi connectivity index (χ1n) is 10.2. The zero-order valence-corrected chi connectivity index (χ0v) is 19.4. The van der Waals surface area contributed by atoms with Crippen LogP contribution in [-0.4, -0.2) is 41.2 Å². The van der Waals surface area contributed by atoms with Crippen LogP contribution in [0, 0.1) is 0 Å². The molecule has 1 N–H and O–H groups in total. The number of carbonyl (C=O) groups is 2. The second-order valence-corrected chi connectivity index (χ2v) is 11.3. The number of ketones is 1. The molecule has 1 amide bonds. The number of amides is 1. The van der Waals surface area contributed by atoms with Gasteiger partial charge in [0.25, 0.3) is 5.91 Å². The van der Waals surface area contributed by atoms with Crippen molar-refractivity contribution in [1.82, 2.24) is 9.29 Å². The number of benzene rings is 2. The minimum atomic E-state index is -3.35. The van der Waals surface area contributed by atoms with Crippen molar-refractivity contribution in [3.8, 4) is 0 Å². The average molecular weight is 470 g/mol. The van der Waals surface area contributed by atoms with Crippen LogP contribution < -0.4 is 5.32 Å². The van der Waals surface area contributed by atoms with Crippen molar-refractivity contribution in [1.29, 1.82) is 0 Å². The van der Waals surface area contributed by atoms with E-state index in [2.05, 4.69) is 10.3 Å². The van der Waals surface area contributed by atoms with Gasteiger partial charge in [-0.15, -0.1) is 11.3 Å². The van der Waals surface area contributed by atoms with Gasteiger partial charge in [-0.05, 0) is 19.9 Å². The van der Waals surface area contributed by atoms with Gasteiger partial charge in [-0.25, -0.2) is 13.4 Å². The van der Waals surface area contributed by atoms with E-state index in [1.165, 1.54) is 15.6 Å². The molecule has 0 unspecified atom stereocenters. The first kappa shape index (κ1) is 22.3. The van der Waals surface area contributed by atoms with E-state index in [9.17, 15) is 18.0 Å². The van der Waals surface area contributed by atoms with Crippen LogP contribution in [0.3, 0.4) is 0 Å². The first-order chi connectivity index (χ1) is 15.3. The fraction of sp³-hybridized carbons (Fsp3) is 0.261. The van der Waals surface area contributed by atoms with Crippen molar-refractivity contribution in [3.63, 3.8) is 0 Å². The quantitative estimate of drug-likeness (QED) is 0.555. The van der Waals surface area contributed by atoms with Crippen LogP contribution in [0.15, 0.2) is 54.6 Å². The molecule has 0 bridgehead atoms. The fourth-order valence-corrected chi connectivity index (χ4v) is 5.88. The zero-order chi connectivity index (χ0) is 22.9. The Bertz CT molecular complexity index is 1270. The summed E-state index contributed by atoms with van der Waals surface area (Å²) in [5, 5.41) is 2.69. The molecule has 9 heteroatoms. The number of sulfonamides is 1. The number of aromatic nitrogens is 1. The highest BCUT2D eigenvalue weighted by molar-refractivity contribution is 7.89. The summed E-state index contributed by atoms with van der Waals surface area (Å²) in [6, 6.07) is 15.5. The molecule has 2 aromatic carbocycles. The average Bonchev–Trinajstić information content (AvgIpc) is 3.20. The summed E-state index contributed by atoms with van der Waals surface area (Å²) in [5.74, 6) is -0.660. The molecule has 0 radical (unpaired) electrons. The monoisotopic (exact) mass is 469 g/mol. The molecule has 0 spiro atoms. The highest BCUT2D eigenvalue weighted by Crippen LogP contribution is 2.30. The summed E-state index contributed by atoms with van der Waals surface area (Å²) in [5.41, 5.74) is 1.88. The molecule has 0 aliphatic carbocycles. The van der Waals surface area contributed by atoms with Gasteiger partial charge in [0.2, 0.25) is 10.0 Å². The van der Waals surface area contributed by atoms with Crippen molar-refractivity contribution >= 4 is 38.2 Å². The van der Waals surface area contributed by atoms with Gasteiger partial charge in [-0.3, -0.25) is 14.9 Å². The molecule has 7 nitrogen and oxygen atoms in total. The van der Waals surface area contributed by atoms with Crippen molar-refractivity contribution in [3.05, 3.63) is 81.9 Å². The third-order valence-corrected chi connectivity index (χ3v) is 8.55. The highest BCUT2D eigenvalue weighted by atomic mass is 32.2. The van der Waals surface area contributed by atoms with E-state index in [1.807, 2.05) is 6.07 Å². The Balaban J connectivity index is 1.55. The van der Waals surface area contributed by atoms with Crippen LogP contribution in [0.25, 0.3) is 0 Å². The summed E-state index contributed by atoms with van der Waals surface area (Å²) in [7, 11) is -3.35. The lowest BCUT2D eigenvalue weighted by Crippen LogP contribution is -2.39. The van der Waals surface area contributed by atoms with E-state index in [0.717, 1.165) is 10.6 Å². The van der Waals surface area contributed by atoms with E-state index in [1.54, 1.807) is 62.4 Å². The molecule has 0 saturated heterocycles. The van der Waals surface area contributed by atoms with E-state index in [4.69, 9.17) is 0 Å². The SMILES string of the molecule is CC(C)S(=O)(=O)N1CCc2nc(NC(=O)c3ccccc3C(=O)c3ccccc3)sc2C1. The maximum absolute atomic E-state index is 13.0. The Morgan fingerprint density at radius 3 is 2.38 bits per heavy atom. The number of fused-ring (bicyclic) bond motifs is 1. The third-order valence-electron chi connectivity index (χ3n) is 5.32. The van der Waals surface area contributed by atoms with E-state index >= 15 is 0 Å². The topological polar surface area (TPSA) is 96.4 Å². The van der Waals surface area contributed by atoms with Crippen LogP contribution in [0.4, 0.5) is 5.13 Å². The van der Waals surface area contributed by atoms with Crippen LogP contribution in [0.1, 0.15) is 50.7 Å². The summed E-state index contributed by atoms with van der Waals surface area (Å²) in [6.07, 6.45) is 0.497. The van der Waals surface area contributed by atoms with Gasteiger partial charge in [-0.2, -0.15) is 4.31 Å². The van der Waals surface area contributed by atoms with Crippen LogP contribution in [-0.2, 0) is 23.0 Å². The molecule has 0 atom stereocenters. The van der Waals surface area contributed by atoms with Gasteiger partial charge in [0.05, 0.1) is 16.5 Å². The van der Waals surface area contributed by atoms with Gasteiger partial charge >= 0.3 is 0 Å². The van der Waals surface area contributed by atoms with Gasteiger partial charge in [0, 0.05) is 35.5 Å². The van der Waals surface area contributed by atoms with Gasteiger partial charge in [-0.1, -0.05) is 48.5 Å². The first-order valence-corrected chi connectivity index (χ1v) is 12.6. The molecule has 2 heterocycles. The number of carbonyl (C=O) groups excluding carboxylic acids is 2. The van der Waals surface area contributed by atoms with Gasteiger partial charge in [0.1, 0.15) is 0 Å². The van der Waals surface area contributed by atoms with Gasteiger partial charge < -0.3 is 0 Å². The summed E-state index contributed by atoms with van der Waals surface area (Å²) < 4.78 is 26.5. The molecule has 4 rings (SSSR count). The molecule has 0 saturated carbocycles. The number of hydrogen-bond acceptors (Lipinski definition) is 6. The second-order valence-electron chi connectivity index (χ2n) is 7.76. The predicted molar refractivity (Wildman–Crippen MR) is 125 cm³/mol. The predicted octanol–water partition coefficient (Wildman–Crippen LogP) is 3.72. The third kappa shape index (κ3) is 4.36. The molecule has 3 aromatic rings. The maximum atomic E-state index is 13.0. The van der Waals surface area contributed by atoms with E-state index < -0.39 is 21.2 Å². The minimum Gasteiger partial charge on any atom is -0.298 e. The molecule has 166 valence electrons. The maximum Gasteiger partial charge on any atom is 0.258 e. The summed E-state index contributed by atoms with van der Waals surface area (Å²) in [6.45, 7) is 3.96. The minimum absolute atomic E-state index is 0.232. The van der Waals surface area contributed by atoms with Crippen LogP contribution >= 0.6 is 11.3 Å². The lowest BCUT2D eigenvalue weighted by atomic mass is 9.98. The largest absolute Gasteiger partial charge is 0.298 e. The molecule has 32 heavy (non-hydrogen) atoms.